The lowest BCUT2D eigenvalue weighted by atomic mass is 10.1. The van der Waals surface area contributed by atoms with Crippen LogP contribution in [0.25, 0.3) is 0 Å². The zero-order valence-corrected chi connectivity index (χ0v) is 15.9. The minimum atomic E-state index is -0.326. The molecule has 0 radical (unpaired) electrons. The molecule has 144 valence electrons. The third-order valence-electron chi connectivity index (χ3n) is 4.28. The van der Waals surface area contributed by atoms with Gasteiger partial charge in [-0.1, -0.05) is 42.0 Å². The minimum Gasteiger partial charge on any atom is -0.466 e. The second-order valence-electron chi connectivity index (χ2n) is 6.48. The van der Waals surface area contributed by atoms with Crippen LogP contribution in [0.1, 0.15) is 36.5 Å². The number of hydrogen-bond acceptors (Lipinski definition) is 3. The van der Waals surface area contributed by atoms with Crippen molar-refractivity contribution in [2.75, 3.05) is 13.2 Å². The summed E-state index contributed by atoms with van der Waals surface area (Å²) in [4.78, 5) is 26.0. The normalized spacial score (nSPS) is 10.5. The second kappa shape index (κ2) is 10.5. The highest BCUT2D eigenvalue weighted by atomic mass is 19.1. The predicted molar refractivity (Wildman–Crippen MR) is 103 cm³/mol. The summed E-state index contributed by atoms with van der Waals surface area (Å²) in [7, 11) is 0. The van der Waals surface area contributed by atoms with E-state index < -0.39 is 0 Å². The number of carbonyl (C=O) groups is 2. The number of rotatable bonds is 9. The van der Waals surface area contributed by atoms with E-state index >= 15 is 0 Å². The maximum atomic E-state index is 13.1. The molecule has 0 unspecified atom stereocenters. The lowest BCUT2D eigenvalue weighted by Crippen LogP contribution is -2.33. The fourth-order valence-corrected chi connectivity index (χ4v) is 2.73. The number of halogens is 1. The number of amides is 1. The quantitative estimate of drug-likeness (QED) is 0.625. The van der Waals surface area contributed by atoms with Gasteiger partial charge in [-0.3, -0.25) is 9.59 Å². The lowest BCUT2D eigenvalue weighted by molar-refractivity contribution is -0.144. The zero-order chi connectivity index (χ0) is 19.6. The second-order valence-corrected chi connectivity index (χ2v) is 6.48. The van der Waals surface area contributed by atoms with Gasteiger partial charge in [0.15, 0.2) is 0 Å². The Balaban J connectivity index is 1.99. The molecular formula is C22H26FNO3. The fourth-order valence-electron chi connectivity index (χ4n) is 2.73. The molecule has 0 aromatic heterocycles. The molecule has 0 N–H and O–H groups in total. The summed E-state index contributed by atoms with van der Waals surface area (Å²) in [6.45, 7) is 4.71. The number of esters is 1. The largest absolute Gasteiger partial charge is 0.466 e. The van der Waals surface area contributed by atoms with Crippen LogP contribution >= 0.6 is 0 Å². The molecule has 0 fully saturated rings. The van der Waals surface area contributed by atoms with Crippen molar-refractivity contribution in [3.63, 3.8) is 0 Å². The number of ether oxygens (including phenoxy) is 1. The average molecular weight is 371 g/mol. The number of nitrogens with zero attached hydrogens (tertiary/aromatic N) is 1. The summed E-state index contributed by atoms with van der Waals surface area (Å²) in [5, 5.41) is 0. The molecule has 4 nitrogen and oxygen atoms in total. The minimum absolute atomic E-state index is 0.0378. The van der Waals surface area contributed by atoms with Crippen LogP contribution < -0.4 is 0 Å². The molecule has 2 rings (SSSR count). The van der Waals surface area contributed by atoms with Crippen LogP contribution in [0.15, 0.2) is 48.5 Å². The van der Waals surface area contributed by atoms with Crippen molar-refractivity contribution in [2.45, 2.75) is 39.7 Å². The van der Waals surface area contributed by atoms with E-state index in [1.807, 2.05) is 31.2 Å². The highest BCUT2D eigenvalue weighted by Gasteiger charge is 2.16. The van der Waals surface area contributed by atoms with Crippen LogP contribution in [0.4, 0.5) is 4.39 Å². The van der Waals surface area contributed by atoms with E-state index in [0.717, 1.165) is 11.1 Å². The summed E-state index contributed by atoms with van der Waals surface area (Å²) in [5.41, 5.74) is 3.10. The van der Waals surface area contributed by atoms with Gasteiger partial charge in [0.25, 0.3) is 0 Å². The molecule has 0 atom stereocenters. The number of carbonyl (C=O) groups excluding carboxylic acids is 2. The number of aryl methyl sites for hydroxylation is 2. The van der Waals surface area contributed by atoms with E-state index in [2.05, 4.69) is 0 Å². The molecule has 2 aromatic rings. The van der Waals surface area contributed by atoms with Crippen LogP contribution in [0.5, 0.6) is 0 Å². The van der Waals surface area contributed by atoms with Gasteiger partial charge in [-0.05, 0) is 43.5 Å². The first-order valence-corrected chi connectivity index (χ1v) is 9.21. The first-order chi connectivity index (χ1) is 13.0. The van der Waals surface area contributed by atoms with Gasteiger partial charge >= 0.3 is 5.97 Å². The smallest absolute Gasteiger partial charge is 0.307 e. The van der Waals surface area contributed by atoms with Gasteiger partial charge in [0, 0.05) is 19.5 Å². The Morgan fingerprint density at radius 2 is 1.59 bits per heavy atom. The van der Waals surface area contributed by atoms with E-state index in [0.29, 0.717) is 26.0 Å². The van der Waals surface area contributed by atoms with Gasteiger partial charge in [0.2, 0.25) is 5.91 Å². The first kappa shape index (κ1) is 20.6. The van der Waals surface area contributed by atoms with Gasteiger partial charge in [0.1, 0.15) is 5.82 Å². The Kier molecular flexibility index (Phi) is 7.99. The standard InChI is InChI=1S/C22H26FNO3/c1-3-27-22(26)14-15-24(16-19-8-11-20(23)12-9-19)21(25)13-10-18-6-4-17(2)5-7-18/h4-9,11-12H,3,10,13-16H2,1-2H3. The third-order valence-corrected chi connectivity index (χ3v) is 4.28. The fraction of sp³-hybridized carbons (Fsp3) is 0.364. The Morgan fingerprint density at radius 1 is 0.963 bits per heavy atom. The van der Waals surface area contributed by atoms with Crippen LogP contribution in [0.2, 0.25) is 0 Å². The summed E-state index contributed by atoms with van der Waals surface area (Å²) < 4.78 is 18.1. The highest BCUT2D eigenvalue weighted by Crippen LogP contribution is 2.12. The van der Waals surface area contributed by atoms with Crippen LogP contribution in [0, 0.1) is 12.7 Å². The molecule has 0 aliphatic heterocycles. The Bertz CT molecular complexity index is 741. The predicted octanol–water partition coefficient (Wildman–Crippen LogP) is 4.05. The maximum Gasteiger partial charge on any atom is 0.307 e. The van der Waals surface area contributed by atoms with Crippen molar-refractivity contribution in [3.05, 3.63) is 71.0 Å². The molecule has 1 amide bonds. The van der Waals surface area contributed by atoms with Gasteiger partial charge in [-0.25, -0.2) is 4.39 Å². The van der Waals surface area contributed by atoms with Crippen LogP contribution in [0.3, 0.4) is 0 Å². The molecule has 0 heterocycles. The summed E-state index contributed by atoms with van der Waals surface area (Å²) in [6, 6.07) is 14.1. The Hall–Kier alpha value is -2.69. The van der Waals surface area contributed by atoms with E-state index in [9.17, 15) is 14.0 Å². The number of hydrogen-bond donors (Lipinski definition) is 0. The molecule has 27 heavy (non-hydrogen) atoms. The number of benzene rings is 2. The van der Waals surface area contributed by atoms with Gasteiger partial charge in [-0.15, -0.1) is 0 Å². The molecule has 2 aromatic carbocycles. The molecule has 0 aliphatic rings. The monoisotopic (exact) mass is 371 g/mol. The Morgan fingerprint density at radius 3 is 2.22 bits per heavy atom. The topological polar surface area (TPSA) is 46.6 Å². The molecule has 0 spiro atoms. The third kappa shape index (κ3) is 7.21. The summed E-state index contributed by atoms with van der Waals surface area (Å²) >= 11 is 0. The molecule has 0 saturated heterocycles. The van der Waals surface area contributed by atoms with Crippen LogP contribution in [-0.4, -0.2) is 29.9 Å². The van der Waals surface area contributed by atoms with E-state index in [-0.39, 0.29) is 30.7 Å². The van der Waals surface area contributed by atoms with Gasteiger partial charge in [-0.2, -0.15) is 0 Å². The lowest BCUT2D eigenvalue weighted by Gasteiger charge is -2.23. The Labute approximate surface area is 159 Å². The average Bonchev–Trinajstić information content (AvgIpc) is 2.66. The first-order valence-electron chi connectivity index (χ1n) is 9.21. The van der Waals surface area contributed by atoms with Crippen molar-refractivity contribution >= 4 is 11.9 Å². The highest BCUT2D eigenvalue weighted by molar-refractivity contribution is 5.77. The summed E-state index contributed by atoms with van der Waals surface area (Å²) in [5.74, 6) is -0.681. The zero-order valence-electron chi connectivity index (χ0n) is 15.9. The molecule has 0 aliphatic carbocycles. The molecule has 0 bridgehead atoms. The van der Waals surface area contributed by atoms with E-state index in [1.165, 1.54) is 17.7 Å². The molecule has 0 saturated carbocycles. The van der Waals surface area contributed by atoms with Crippen molar-refractivity contribution < 1.29 is 18.7 Å². The maximum absolute atomic E-state index is 13.1. The van der Waals surface area contributed by atoms with Crippen molar-refractivity contribution in [1.29, 1.82) is 0 Å². The van der Waals surface area contributed by atoms with Crippen LogP contribution in [-0.2, 0) is 27.3 Å². The van der Waals surface area contributed by atoms with Crippen molar-refractivity contribution in [3.8, 4) is 0 Å². The van der Waals surface area contributed by atoms with E-state index in [4.69, 9.17) is 4.74 Å². The molecular weight excluding hydrogens is 345 g/mol. The SMILES string of the molecule is CCOC(=O)CCN(Cc1ccc(F)cc1)C(=O)CCc1ccc(C)cc1. The van der Waals surface area contributed by atoms with E-state index in [1.54, 1.807) is 24.0 Å². The van der Waals surface area contributed by atoms with Crippen molar-refractivity contribution in [1.82, 2.24) is 4.90 Å². The van der Waals surface area contributed by atoms with Gasteiger partial charge in [0.05, 0.1) is 13.0 Å². The van der Waals surface area contributed by atoms with Gasteiger partial charge < -0.3 is 9.64 Å². The van der Waals surface area contributed by atoms with Crippen molar-refractivity contribution in [2.24, 2.45) is 0 Å². The summed E-state index contributed by atoms with van der Waals surface area (Å²) in [6.07, 6.45) is 1.14. The molecule has 5 heteroatoms.